The van der Waals surface area contributed by atoms with Crippen molar-refractivity contribution in [2.45, 2.75) is 58.5 Å². The highest BCUT2D eigenvalue weighted by molar-refractivity contribution is 5.76. The van der Waals surface area contributed by atoms with Crippen LogP contribution < -0.4 is 5.32 Å². The van der Waals surface area contributed by atoms with E-state index >= 15 is 0 Å². The number of rotatable bonds is 12. The van der Waals surface area contributed by atoms with Crippen LogP contribution in [0.1, 0.15) is 45.2 Å². The van der Waals surface area contributed by atoms with Crippen LogP contribution in [0.2, 0.25) is 0 Å². The normalized spacial score (nSPS) is 19.9. The molecule has 1 fully saturated rings. The molecule has 0 radical (unpaired) electrons. The predicted molar refractivity (Wildman–Crippen MR) is 132 cm³/mol. The van der Waals surface area contributed by atoms with Crippen molar-refractivity contribution < 1.29 is 9.84 Å². The number of nitrogens with zero attached hydrogens (tertiary/aromatic N) is 6. The van der Waals surface area contributed by atoms with Crippen LogP contribution in [0.3, 0.4) is 0 Å². The van der Waals surface area contributed by atoms with E-state index < -0.39 is 6.23 Å². The Balaban J connectivity index is 1.57. The smallest absolute Gasteiger partial charge is 0.166 e. The minimum atomic E-state index is -0.769. The molecular formula is C25H39N7O2. The van der Waals surface area contributed by atoms with Gasteiger partial charge in [-0.2, -0.15) is 5.10 Å². The summed E-state index contributed by atoms with van der Waals surface area (Å²) in [6.07, 6.45) is 5.53. The summed E-state index contributed by atoms with van der Waals surface area (Å²) in [5.41, 5.74) is 2.00. The van der Waals surface area contributed by atoms with Crippen LogP contribution in [-0.4, -0.2) is 73.7 Å². The van der Waals surface area contributed by atoms with Gasteiger partial charge in [-0.05, 0) is 49.8 Å². The fraction of sp³-hybridized carbons (Fsp3) is 0.640. The number of hydrogen-bond acceptors (Lipinski definition) is 7. The molecule has 0 saturated carbocycles. The number of piperidine rings is 1. The molecule has 1 aliphatic rings. The lowest BCUT2D eigenvalue weighted by Crippen LogP contribution is -2.52. The second-order valence-corrected chi connectivity index (χ2v) is 9.81. The largest absolute Gasteiger partial charge is 0.385 e. The van der Waals surface area contributed by atoms with Crippen molar-refractivity contribution >= 4 is 11.0 Å². The van der Waals surface area contributed by atoms with Gasteiger partial charge in [-0.3, -0.25) is 9.58 Å². The SMILES string of the molecule is COCCCCn1c(C(O)N(CC(C)C)C2CNC[C@H](Cn3cncn3)C2)nc2ccccc21. The van der Waals surface area contributed by atoms with Gasteiger partial charge >= 0.3 is 0 Å². The number of para-hydroxylation sites is 2. The van der Waals surface area contributed by atoms with Gasteiger partial charge in [0.1, 0.15) is 12.7 Å². The Bertz CT molecular complexity index is 1000. The van der Waals surface area contributed by atoms with Crippen molar-refractivity contribution in [1.82, 2.24) is 34.5 Å². The van der Waals surface area contributed by atoms with Crippen LogP contribution in [0.15, 0.2) is 36.9 Å². The van der Waals surface area contributed by atoms with Crippen molar-refractivity contribution in [1.29, 1.82) is 0 Å². The zero-order valence-corrected chi connectivity index (χ0v) is 20.7. The first-order valence-electron chi connectivity index (χ1n) is 12.5. The van der Waals surface area contributed by atoms with E-state index in [0.29, 0.717) is 11.8 Å². The fourth-order valence-electron chi connectivity index (χ4n) is 5.05. The van der Waals surface area contributed by atoms with E-state index in [4.69, 9.17) is 9.72 Å². The van der Waals surface area contributed by atoms with E-state index in [-0.39, 0.29) is 6.04 Å². The maximum Gasteiger partial charge on any atom is 0.166 e. The highest BCUT2D eigenvalue weighted by Gasteiger charge is 2.34. The monoisotopic (exact) mass is 469 g/mol. The van der Waals surface area contributed by atoms with E-state index in [1.165, 1.54) is 0 Å². The Hall–Kier alpha value is -2.33. The lowest BCUT2D eigenvalue weighted by molar-refractivity contribution is -0.0528. The van der Waals surface area contributed by atoms with E-state index in [1.54, 1.807) is 19.8 Å². The Morgan fingerprint density at radius 2 is 2.09 bits per heavy atom. The van der Waals surface area contributed by atoms with E-state index in [1.807, 2.05) is 22.9 Å². The van der Waals surface area contributed by atoms with Gasteiger partial charge in [0, 0.05) is 45.9 Å². The maximum atomic E-state index is 11.8. The molecule has 186 valence electrons. The Kier molecular flexibility index (Phi) is 8.66. The second-order valence-electron chi connectivity index (χ2n) is 9.81. The minimum Gasteiger partial charge on any atom is -0.385 e. The first-order chi connectivity index (χ1) is 16.6. The number of unbranched alkanes of at least 4 members (excludes halogenated alkanes) is 1. The van der Waals surface area contributed by atoms with E-state index in [0.717, 1.165) is 75.5 Å². The van der Waals surface area contributed by atoms with Crippen molar-refractivity contribution in [2.24, 2.45) is 11.8 Å². The van der Waals surface area contributed by atoms with Crippen LogP contribution in [0, 0.1) is 11.8 Å². The lowest BCUT2D eigenvalue weighted by atomic mass is 9.93. The average Bonchev–Trinajstić information content (AvgIpc) is 3.48. The number of imidazole rings is 1. The molecule has 34 heavy (non-hydrogen) atoms. The van der Waals surface area contributed by atoms with Crippen molar-refractivity contribution in [3.63, 3.8) is 0 Å². The van der Waals surface area contributed by atoms with Crippen LogP contribution in [0.4, 0.5) is 0 Å². The lowest BCUT2D eigenvalue weighted by Gasteiger charge is -2.41. The molecule has 4 rings (SSSR count). The maximum absolute atomic E-state index is 11.8. The van der Waals surface area contributed by atoms with Gasteiger partial charge in [0.15, 0.2) is 12.1 Å². The summed E-state index contributed by atoms with van der Waals surface area (Å²) >= 11 is 0. The molecular weight excluding hydrogens is 430 g/mol. The third-order valence-corrected chi connectivity index (χ3v) is 6.58. The number of aliphatic hydroxyl groups is 1. The molecule has 2 unspecified atom stereocenters. The number of fused-ring (bicyclic) bond motifs is 1. The third kappa shape index (κ3) is 6.02. The highest BCUT2D eigenvalue weighted by atomic mass is 16.5. The molecule has 3 atom stereocenters. The average molecular weight is 470 g/mol. The van der Waals surface area contributed by atoms with Gasteiger partial charge in [0.05, 0.1) is 11.0 Å². The molecule has 0 amide bonds. The summed E-state index contributed by atoms with van der Waals surface area (Å²) in [5.74, 6) is 1.58. The molecule has 0 aliphatic carbocycles. The number of aryl methyl sites for hydroxylation is 1. The number of aliphatic hydroxyl groups excluding tert-OH is 1. The first kappa shape index (κ1) is 24.8. The molecule has 0 bridgehead atoms. The number of hydrogen-bond donors (Lipinski definition) is 2. The summed E-state index contributed by atoms with van der Waals surface area (Å²) in [6.45, 7) is 9.39. The van der Waals surface area contributed by atoms with Crippen LogP contribution >= 0.6 is 0 Å². The highest BCUT2D eigenvalue weighted by Crippen LogP contribution is 2.29. The van der Waals surface area contributed by atoms with Crippen molar-refractivity contribution in [2.75, 3.05) is 33.4 Å². The Morgan fingerprint density at radius 3 is 2.85 bits per heavy atom. The molecule has 2 N–H and O–H groups in total. The van der Waals surface area contributed by atoms with Gasteiger partial charge < -0.3 is 19.7 Å². The summed E-state index contributed by atoms with van der Waals surface area (Å²) < 4.78 is 9.34. The van der Waals surface area contributed by atoms with Gasteiger partial charge in [-0.25, -0.2) is 9.97 Å². The quantitative estimate of drug-likeness (QED) is 0.311. The van der Waals surface area contributed by atoms with Gasteiger partial charge in [-0.1, -0.05) is 26.0 Å². The zero-order chi connectivity index (χ0) is 23.9. The number of aromatic nitrogens is 5. The minimum absolute atomic E-state index is 0.210. The molecule has 2 aromatic heterocycles. The van der Waals surface area contributed by atoms with Crippen LogP contribution in [-0.2, 0) is 17.8 Å². The molecule has 1 aromatic carbocycles. The third-order valence-electron chi connectivity index (χ3n) is 6.58. The Morgan fingerprint density at radius 1 is 1.24 bits per heavy atom. The van der Waals surface area contributed by atoms with Crippen molar-refractivity contribution in [3.05, 3.63) is 42.7 Å². The molecule has 9 nitrogen and oxygen atoms in total. The molecule has 9 heteroatoms. The topological polar surface area (TPSA) is 93.3 Å². The van der Waals surface area contributed by atoms with Gasteiger partial charge in [0.25, 0.3) is 0 Å². The number of methoxy groups -OCH3 is 1. The molecule has 1 saturated heterocycles. The predicted octanol–water partition coefficient (Wildman–Crippen LogP) is 2.68. The standard InChI is InChI=1S/C25H39N7O2/c1-19(2)15-32(21-12-20(13-26-14-21)16-30-18-27-17-28-30)25(33)24-29-22-8-4-5-9-23(22)31(24)10-6-7-11-34-3/h4-5,8-9,17-21,25-26,33H,6-7,10-16H2,1-3H3/t20-,21?,25?/m1/s1. The van der Waals surface area contributed by atoms with Gasteiger partial charge in [-0.15, -0.1) is 0 Å². The molecule has 3 heterocycles. The summed E-state index contributed by atoms with van der Waals surface area (Å²) in [5, 5.41) is 19.6. The summed E-state index contributed by atoms with van der Waals surface area (Å²) in [4.78, 5) is 11.2. The molecule has 3 aromatic rings. The molecule has 0 spiro atoms. The fourth-order valence-corrected chi connectivity index (χ4v) is 5.05. The molecule has 1 aliphatic heterocycles. The van der Waals surface area contributed by atoms with E-state index in [2.05, 4.69) is 44.8 Å². The van der Waals surface area contributed by atoms with Gasteiger partial charge in [0.2, 0.25) is 0 Å². The Labute approximate surface area is 202 Å². The van der Waals surface area contributed by atoms with Crippen LogP contribution in [0.5, 0.6) is 0 Å². The zero-order valence-electron chi connectivity index (χ0n) is 20.7. The number of ether oxygens (including phenoxy) is 1. The van der Waals surface area contributed by atoms with Crippen LogP contribution in [0.25, 0.3) is 11.0 Å². The summed E-state index contributed by atoms with van der Waals surface area (Å²) in [6, 6.07) is 8.38. The second kappa shape index (κ2) is 11.9. The van der Waals surface area contributed by atoms with Crippen molar-refractivity contribution in [3.8, 4) is 0 Å². The first-order valence-corrected chi connectivity index (χ1v) is 12.5. The van der Waals surface area contributed by atoms with E-state index in [9.17, 15) is 5.11 Å². The summed E-state index contributed by atoms with van der Waals surface area (Å²) in [7, 11) is 1.74. The number of benzene rings is 1. The number of nitrogens with one attached hydrogen (secondary N) is 1.